The molecule has 1 amide bonds. The van der Waals surface area contributed by atoms with Crippen molar-refractivity contribution in [1.82, 2.24) is 10.1 Å². The Kier molecular flexibility index (Phi) is 4.04. The molecule has 1 unspecified atom stereocenters. The standard InChI is InChI=1S/C17H20N2O2/c1-13-6-5-9-19(12-13)17(20)11-15-10-16(21-18-15)14-7-3-2-4-8-14/h2-4,7-8,10,13H,5-6,9,11-12H2,1H3. The molecule has 1 aliphatic rings. The SMILES string of the molecule is CC1CCCN(C(=O)Cc2cc(-c3ccccc3)on2)C1. The van der Waals surface area contributed by atoms with Crippen molar-refractivity contribution in [1.29, 1.82) is 0 Å². The van der Waals surface area contributed by atoms with Gasteiger partial charge in [0, 0.05) is 24.7 Å². The third-order valence-electron chi connectivity index (χ3n) is 3.96. The number of likely N-dealkylation sites (tertiary alicyclic amines) is 1. The molecule has 2 heterocycles. The Morgan fingerprint density at radius 3 is 2.95 bits per heavy atom. The molecule has 4 nitrogen and oxygen atoms in total. The van der Waals surface area contributed by atoms with Crippen LogP contribution in [0.2, 0.25) is 0 Å². The van der Waals surface area contributed by atoms with Crippen molar-refractivity contribution in [2.75, 3.05) is 13.1 Å². The fourth-order valence-corrected chi connectivity index (χ4v) is 2.82. The molecule has 1 saturated heterocycles. The lowest BCUT2D eigenvalue weighted by atomic mass is 10.00. The highest BCUT2D eigenvalue weighted by molar-refractivity contribution is 5.78. The zero-order valence-corrected chi connectivity index (χ0v) is 12.3. The van der Waals surface area contributed by atoms with Crippen LogP contribution in [0.15, 0.2) is 40.9 Å². The second-order valence-corrected chi connectivity index (χ2v) is 5.81. The van der Waals surface area contributed by atoms with E-state index in [0.717, 1.165) is 25.1 Å². The maximum absolute atomic E-state index is 12.3. The fraction of sp³-hybridized carbons (Fsp3) is 0.412. The summed E-state index contributed by atoms with van der Waals surface area (Å²) in [6.07, 6.45) is 2.63. The maximum atomic E-state index is 12.3. The number of carbonyl (C=O) groups excluding carboxylic acids is 1. The van der Waals surface area contributed by atoms with E-state index in [2.05, 4.69) is 12.1 Å². The first-order valence-corrected chi connectivity index (χ1v) is 7.51. The van der Waals surface area contributed by atoms with Gasteiger partial charge in [0.25, 0.3) is 0 Å². The number of piperidine rings is 1. The van der Waals surface area contributed by atoms with Crippen LogP contribution in [0, 0.1) is 5.92 Å². The minimum absolute atomic E-state index is 0.148. The van der Waals surface area contributed by atoms with Gasteiger partial charge in [0.05, 0.1) is 12.1 Å². The van der Waals surface area contributed by atoms with Crippen LogP contribution < -0.4 is 0 Å². The number of carbonyl (C=O) groups is 1. The van der Waals surface area contributed by atoms with Crippen LogP contribution in [-0.2, 0) is 11.2 Å². The number of nitrogens with zero attached hydrogens (tertiary/aromatic N) is 2. The average Bonchev–Trinajstić information content (AvgIpc) is 2.97. The predicted octanol–water partition coefficient (Wildman–Crippen LogP) is 3.14. The van der Waals surface area contributed by atoms with E-state index in [-0.39, 0.29) is 5.91 Å². The summed E-state index contributed by atoms with van der Waals surface area (Å²) in [6.45, 7) is 3.93. The zero-order chi connectivity index (χ0) is 14.7. The maximum Gasteiger partial charge on any atom is 0.228 e. The van der Waals surface area contributed by atoms with Crippen molar-refractivity contribution in [3.05, 3.63) is 42.1 Å². The molecule has 21 heavy (non-hydrogen) atoms. The first-order chi connectivity index (χ1) is 10.2. The van der Waals surface area contributed by atoms with Gasteiger partial charge in [0.15, 0.2) is 5.76 Å². The molecule has 1 aromatic heterocycles. The minimum atomic E-state index is 0.148. The van der Waals surface area contributed by atoms with Gasteiger partial charge in [-0.15, -0.1) is 0 Å². The van der Waals surface area contributed by atoms with Crippen molar-refractivity contribution < 1.29 is 9.32 Å². The Labute approximate surface area is 124 Å². The highest BCUT2D eigenvalue weighted by Crippen LogP contribution is 2.21. The average molecular weight is 284 g/mol. The van der Waals surface area contributed by atoms with Gasteiger partial charge in [0.2, 0.25) is 5.91 Å². The lowest BCUT2D eigenvalue weighted by Gasteiger charge is -2.30. The van der Waals surface area contributed by atoms with Crippen molar-refractivity contribution in [2.45, 2.75) is 26.2 Å². The van der Waals surface area contributed by atoms with Crippen molar-refractivity contribution >= 4 is 5.91 Å². The summed E-state index contributed by atoms with van der Waals surface area (Å²) in [4.78, 5) is 14.3. The van der Waals surface area contributed by atoms with E-state index < -0.39 is 0 Å². The summed E-state index contributed by atoms with van der Waals surface area (Å²) < 4.78 is 5.34. The molecule has 110 valence electrons. The van der Waals surface area contributed by atoms with Crippen LogP contribution in [0.1, 0.15) is 25.5 Å². The number of aromatic nitrogens is 1. The molecule has 1 aromatic carbocycles. The van der Waals surface area contributed by atoms with E-state index in [0.29, 0.717) is 23.8 Å². The first-order valence-electron chi connectivity index (χ1n) is 7.51. The zero-order valence-electron chi connectivity index (χ0n) is 12.3. The topological polar surface area (TPSA) is 46.3 Å². The van der Waals surface area contributed by atoms with E-state index in [1.807, 2.05) is 41.3 Å². The third kappa shape index (κ3) is 3.32. The second-order valence-electron chi connectivity index (χ2n) is 5.81. The number of hydrogen-bond acceptors (Lipinski definition) is 3. The molecule has 0 N–H and O–H groups in total. The Morgan fingerprint density at radius 2 is 2.19 bits per heavy atom. The lowest BCUT2D eigenvalue weighted by Crippen LogP contribution is -2.39. The predicted molar refractivity (Wildman–Crippen MR) is 80.6 cm³/mol. The van der Waals surface area contributed by atoms with Crippen molar-refractivity contribution in [3.8, 4) is 11.3 Å². The van der Waals surface area contributed by atoms with Gasteiger partial charge in [-0.1, -0.05) is 42.4 Å². The monoisotopic (exact) mass is 284 g/mol. The van der Waals surface area contributed by atoms with Crippen LogP contribution in [0.3, 0.4) is 0 Å². The van der Waals surface area contributed by atoms with Gasteiger partial charge in [-0.2, -0.15) is 0 Å². The lowest BCUT2D eigenvalue weighted by molar-refractivity contribution is -0.132. The molecule has 1 atom stereocenters. The van der Waals surface area contributed by atoms with Crippen LogP contribution in [0.4, 0.5) is 0 Å². The quantitative estimate of drug-likeness (QED) is 0.870. The molecular weight excluding hydrogens is 264 g/mol. The minimum Gasteiger partial charge on any atom is -0.356 e. The first kappa shape index (κ1) is 13.9. The molecule has 1 aliphatic heterocycles. The van der Waals surface area contributed by atoms with E-state index in [4.69, 9.17) is 4.52 Å². The second kappa shape index (κ2) is 6.12. The molecule has 3 rings (SSSR count). The van der Waals surface area contributed by atoms with Crippen LogP contribution in [-0.4, -0.2) is 29.1 Å². The van der Waals surface area contributed by atoms with Crippen LogP contribution in [0.5, 0.6) is 0 Å². The summed E-state index contributed by atoms with van der Waals surface area (Å²) in [5, 5.41) is 4.02. The number of benzene rings is 1. The van der Waals surface area contributed by atoms with E-state index in [1.165, 1.54) is 6.42 Å². The molecular formula is C17H20N2O2. The number of rotatable bonds is 3. The highest BCUT2D eigenvalue weighted by Gasteiger charge is 2.22. The number of amides is 1. The molecule has 4 heteroatoms. The summed E-state index contributed by atoms with van der Waals surface area (Å²) in [5.74, 6) is 1.46. The highest BCUT2D eigenvalue weighted by atomic mass is 16.5. The van der Waals surface area contributed by atoms with Gasteiger partial charge in [-0.25, -0.2) is 0 Å². The van der Waals surface area contributed by atoms with E-state index in [1.54, 1.807) is 0 Å². The molecule has 0 spiro atoms. The van der Waals surface area contributed by atoms with Gasteiger partial charge < -0.3 is 9.42 Å². The number of hydrogen-bond donors (Lipinski definition) is 0. The molecule has 0 bridgehead atoms. The summed E-state index contributed by atoms with van der Waals surface area (Å²) in [7, 11) is 0. The van der Waals surface area contributed by atoms with Gasteiger partial charge in [-0.3, -0.25) is 4.79 Å². The van der Waals surface area contributed by atoms with Crippen molar-refractivity contribution in [3.63, 3.8) is 0 Å². The summed E-state index contributed by atoms with van der Waals surface area (Å²) >= 11 is 0. The van der Waals surface area contributed by atoms with E-state index >= 15 is 0 Å². The molecule has 1 fully saturated rings. The Balaban J connectivity index is 1.66. The molecule has 0 radical (unpaired) electrons. The summed E-state index contributed by atoms with van der Waals surface area (Å²) in [6, 6.07) is 11.7. The summed E-state index contributed by atoms with van der Waals surface area (Å²) in [5.41, 5.74) is 1.69. The Hall–Kier alpha value is -2.10. The fourth-order valence-electron chi connectivity index (χ4n) is 2.82. The van der Waals surface area contributed by atoms with Crippen molar-refractivity contribution in [2.24, 2.45) is 5.92 Å². The molecule has 2 aromatic rings. The van der Waals surface area contributed by atoms with Gasteiger partial charge in [-0.05, 0) is 18.8 Å². The van der Waals surface area contributed by atoms with Crippen LogP contribution >= 0.6 is 0 Å². The van der Waals surface area contributed by atoms with Gasteiger partial charge >= 0.3 is 0 Å². The molecule has 0 aliphatic carbocycles. The Bertz CT molecular complexity index is 606. The van der Waals surface area contributed by atoms with Crippen LogP contribution in [0.25, 0.3) is 11.3 Å². The Morgan fingerprint density at radius 1 is 1.38 bits per heavy atom. The smallest absolute Gasteiger partial charge is 0.228 e. The molecule has 0 saturated carbocycles. The largest absolute Gasteiger partial charge is 0.356 e. The third-order valence-corrected chi connectivity index (χ3v) is 3.96. The van der Waals surface area contributed by atoms with Gasteiger partial charge in [0.1, 0.15) is 0 Å². The van der Waals surface area contributed by atoms with E-state index in [9.17, 15) is 4.79 Å². The normalized spacial score (nSPS) is 18.7.